The summed E-state index contributed by atoms with van der Waals surface area (Å²) in [6.45, 7) is 22.4. The zero-order valence-electron chi connectivity index (χ0n) is 18.4. The molecule has 2 nitrogen and oxygen atoms in total. The summed E-state index contributed by atoms with van der Waals surface area (Å²) in [6, 6.07) is 0.715. The van der Waals surface area contributed by atoms with Crippen LogP contribution in [0.15, 0.2) is 0 Å². The van der Waals surface area contributed by atoms with E-state index in [0.717, 1.165) is 23.7 Å². The molecule has 2 fully saturated rings. The van der Waals surface area contributed by atoms with Crippen molar-refractivity contribution in [3.05, 3.63) is 0 Å². The van der Waals surface area contributed by atoms with Gasteiger partial charge < -0.3 is 4.90 Å². The van der Waals surface area contributed by atoms with Gasteiger partial charge in [0.2, 0.25) is 0 Å². The zero-order chi connectivity index (χ0) is 18.6. The van der Waals surface area contributed by atoms with Gasteiger partial charge in [-0.2, -0.15) is 0 Å². The van der Waals surface area contributed by atoms with Crippen LogP contribution in [0.3, 0.4) is 0 Å². The molecule has 2 heteroatoms. The molecule has 0 aromatic carbocycles. The quantitative estimate of drug-likeness (QED) is 0.609. The maximum atomic E-state index is 2.83. The van der Waals surface area contributed by atoms with E-state index < -0.39 is 0 Å². The van der Waals surface area contributed by atoms with Gasteiger partial charge in [0.1, 0.15) is 0 Å². The van der Waals surface area contributed by atoms with E-state index in [0.29, 0.717) is 11.6 Å². The summed E-state index contributed by atoms with van der Waals surface area (Å²) in [5.41, 5.74) is 0.358. The summed E-state index contributed by atoms with van der Waals surface area (Å²) >= 11 is 0. The summed E-state index contributed by atoms with van der Waals surface area (Å²) in [7, 11) is 0. The van der Waals surface area contributed by atoms with Gasteiger partial charge in [0.15, 0.2) is 0 Å². The first-order valence-electron chi connectivity index (χ1n) is 11.2. The number of rotatable bonds is 6. The van der Waals surface area contributed by atoms with Gasteiger partial charge in [0, 0.05) is 18.1 Å². The number of nitrogens with zero attached hydrogens (tertiary/aromatic N) is 2. The molecule has 3 atom stereocenters. The molecule has 2 saturated heterocycles. The van der Waals surface area contributed by atoms with Gasteiger partial charge in [-0.15, -0.1) is 0 Å². The van der Waals surface area contributed by atoms with Crippen molar-refractivity contribution in [3.8, 4) is 0 Å². The topological polar surface area (TPSA) is 6.48 Å². The Morgan fingerprint density at radius 1 is 0.840 bits per heavy atom. The smallest absolute Gasteiger partial charge is 0.0156 e. The van der Waals surface area contributed by atoms with Crippen LogP contribution in [0.5, 0.6) is 0 Å². The van der Waals surface area contributed by atoms with Gasteiger partial charge in [-0.05, 0) is 110 Å². The minimum absolute atomic E-state index is 0.358. The summed E-state index contributed by atoms with van der Waals surface area (Å²) < 4.78 is 0. The van der Waals surface area contributed by atoms with Crippen molar-refractivity contribution in [2.75, 3.05) is 26.2 Å². The third kappa shape index (κ3) is 5.96. The predicted octanol–water partition coefficient (Wildman–Crippen LogP) is 5.67. The summed E-state index contributed by atoms with van der Waals surface area (Å²) in [4.78, 5) is 5.52. The summed E-state index contributed by atoms with van der Waals surface area (Å²) in [5, 5.41) is 0. The van der Waals surface area contributed by atoms with Crippen LogP contribution in [-0.4, -0.2) is 47.6 Å². The molecular weight excluding hydrogens is 304 g/mol. The first-order valence-corrected chi connectivity index (χ1v) is 11.2. The van der Waals surface area contributed by atoms with Crippen LogP contribution >= 0.6 is 0 Å². The lowest BCUT2D eigenvalue weighted by Crippen LogP contribution is -2.51. The van der Waals surface area contributed by atoms with E-state index in [1.54, 1.807) is 0 Å². The molecule has 2 aliphatic rings. The minimum Gasteiger partial charge on any atom is -0.301 e. The first kappa shape index (κ1) is 21.2. The maximum absolute atomic E-state index is 2.83. The van der Waals surface area contributed by atoms with Gasteiger partial charge in [0.05, 0.1) is 0 Å². The molecule has 2 heterocycles. The number of piperidine rings is 1. The van der Waals surface area contributed by atoms with E-state index in [-0.39, 0.29) is 0 Å². The van der Waals surface area contributed by atoms with Gasteiger partial charge in [0.25, 0.3) is 0 Å². The van der Waals surface area contributed by atoms with Crippen molar-refractivity contribution in [3.63, 3.8) is 0 Å². The molecule has 25 heavy (non-hydrogen) atoms. The fourth-order valence-electron chi connectivity index (χ4n) is 5.42. The summed E-state index contributed by atoms with van der Waals surface area (Å²) in [6.07, 6.45) is 8.44. The Hall–Kier alpha value is -0.0800. The molecule has 0 saturated carbocycles. The van der Waals surface area contributed by atoms with E-state index >= 15 is 0 Å². The normalized spacial score (nSPS) is 29.2. The van der Waals surface area contributed by atoms with E-state index in [4.69, 9.17) is 0 Å². The fourth-order valence-corrected chi connectivity index (χ4v) is 5.42. The van der Waals surface area contributed by atoms with Crippen molar-refractivity contribution < 1.29 is 0 Å². The average molecular weight is 351 g/mol. The zero-order valence-corrected chi connectivity index (χ0v) is 18.4. The van der Waals surface area contributed by atoms with Crippen molar-refractivity contribution in [1.82, 2.24) is 9.80 Å². The van der Waals surface area contributed by atoms with Crippen LogP contribution in [0.4, 0.5) is 0 Å². The number of hydrogen-bond donors (Lipinski definition) is 0. The molecule has 148 valence electrons. The van der Waals surface area contributed by atoms with Crippen LogP contribution in [0.2, 0.25) is 0 Å². The third-order valence-corrected chi connectivity index (χ3v) is 7.42. The maximum Gasteiger partial charge on any atom is 0.0156 e. The van der Waals surface area contributed by atoms with E-state index in [1.807, 2.05) is 0 Å². The second kappa shape index (κ2) is 9.22. The first-order chi connectivity index (χ1) is 11.7. The fraction of sp³-hybridized carbons (Fsp3) is 1.00. The minimum atomic E-state index is 0.358. The Kier molecular flexibility index (Phi) is 7.83. The highest BCUT2D eigenvalue weighted by molar-refractivity contribution is 4.89. The van der Waals surface area contributed by atoms with Crippen molar-refractivity contribution in [2.45, 2.75) is 98.6 Å². The van der Waals surface area contributed by atoms with Gasteiger partial charge in [-0.3, -0.25) is 4.90 Å². The molecule has 0 aromatic heterocycles. The molecule has 0 aliphatic carbocycles. The Labute approximate surface area is 158 Å². The highest BCUT2D eigenvalue weighted by Crippen LogP contribution is 2.36. The molecule has 0 spiro atoms. The number of likely N-dealkylation sites (tertiary alicyclic amines) is 2. The predicted molar refractivity (Wildman–Crippen MR) is 111 cm³/mol. The second-order valence-electron chi connectivity index (χ2n) is 10.4. The largest absolute Gasteiger partial charge is 0.301 e. The average Bonchev–Trinajstić information content (AvgIpc) is 2.80. The van der Waals surface area contributed by atoms with Crippen LogP contribution in [0.1, 0.15) is 87.0 Å². The summed E-state index contributed by atoms with van der Waals surface area (Å²) in [5.74, 6) is 3.51. The molecule has 0 aromatic rings. The second-order valence-corrected chi connectivity index (χ2v) is 10.4. The van der Waals surface area contributed by atoms with Crippen LogP contribution in [0.25, 0.3) is 0 Å². The van der Waals surface area contributed by atoms with Crippen LogP contribution < -0.4 is 0 Å². The van der Waals surface area contributed by atoms with E-state index in [1.165, 1.54) is 64.7 Å². The molecule has 2 aliphatic heterocycles. The highest BCUT2D eigenvalue weighted by atomic mass is 15.2. The Morgan fingerprint density at radius 3 is 2.12 bits per heavy atom. The number of hydrogen-bond acceptors (Lipinski definition) is 2. The molecule has 0 N–H and O–H groups in total. The molecular formula is C23H46N2. The molecule has 2 rings (SSSR count). The third-order valence-electron chi connectivity index (χ3n) is 7.42. The van der Waals surface area contributed by atoms with Crippen LogP contribution in [0, 0.1) is 23.7 Å². The lowest BCUT2D eigenvalue weighted by atomic mass is 9.78. The standard InChI is InChI=1S/C23H46N2/c1-18(2)22-11-9-14-25(17-22)23(6,7)16-20(5)21-10-8-13-24(15-12-21)19(3)4/h18-22H,8-17H2,1-7H3. The Morgan fingerprint density at radius 2 is 1.48 bits per heavy atom. The van der Waals surface area contributed by atoms with Crippen LogP contribution in [-0.2, 0) is 0 Å². The molecule has 0 amide bonds. The van der Waals surface area contributed by atoms with E-state index in [2.05, 4.69) is 58.3 Å². The Balaban J connectivity index is 1.90. The van der Waals surface area contributed by atoms with E-state index in [9.17, 15) is 0 Å². The van der Waals surface area contributed by atoms with Crippen molar-refractivity contribution in [2.24, 2.45) is 23.7 Å². The lowest BCUT2D eigenvalue weighted by Gasteiger charge is -2.46. The van der Waals surface area contributed by atoms with Gasteiger partial charge in [-0.1, -0.05) is 20.8 Å². The molecule has 0 radical (unpaired) electrons. The van der Waals surface area contributed by atoms with Gasteiger partial charge >= 0.3 is 0 Å². The van der Waals surface area contributed by atoms with Crippen molar-refractivity contribution >= 4 is 0 Å². The van der Waals surface area contributed by atoms with Gasteiger partial charge in [-0.25, -0.2) is 0 Å². The highest BCUT2D eigenvalue weighted by Gasteiger charge is 2.35. The lowest BCUT2D eigenvalue weighted by molar-refractivity contribution is 0.0315. The van der Waals surface area contributed by atoms with Crippen molar-refractivity contribution in [1.29, 1.82) is 0 Å². The monoisotopic (exact) mass is 350 g/mol. The molecule has 3 unspecified atom stereocenters. The SMILES string of the molecule is CC(C)C1CCCN(C(C)(C)CC(C)C2CCCN(C(C)C)CC2)C1. The molecule has 0 bridgehead atoms. The Bertz CT molecular complexity index is 388.